The Morgan fingerprint density at radius 3 is 2.34 bits per heavy atom. The summed E-state index contributed by atoms with van der Waals surface area (Å²) in [4.78, 5) is 15.2. The van der Waals surface area contributed by atoms with Crippen molar-refractivity contribution in [3.8, 4) is 17.2 Å². The van der Waals surface area contributed by atoms with Gasteiger partial charge in [0.05, 0.1) is 27.4 Å². The monoisotopic (exact) mass is 438 g/mol. The van der Waals surface area contributed by atoms with Crippen molar-refractivity contribution < 1.29 is 19.0 Å². The maximum absolute atomic E-state index is 12.7. The smallest absolute Gasteiger partial charge is 0.223 e. The summed E-state index contributed by atoms with van der Waals surface area (Å²) in [5.41, 5.74) is 3.70. The van der Waals surface area contributed by atoms with Crippen molar-refractivity contribution in [3.05, 3.63) is 53.1 Å². The zero-order chi connectivity index (χ0) is 22.7. The molecule has 32 heavy (non-hydrogen) atoms. The maximum Gasteiger partial charge on any atom is 0.223 e. The van der Waals surface area contributed by atoms with Crippen LogP contribution in [0.15, 0.2) is 36.4 Å². The fraction of sp³-hybridized carbons (Fsp3) is 0.500. The highest BCUT2D eigenvalue weighted by atomic mass is 16.5. The van der Waals surface area contributed by atoms with Crippen molar-refractivity contribution in [1.82, 2.24) is 10.2 Å². The minimum absolute atomic E-state index is 0.0264. The van der Waals surface area contributed by atoms with Crippen molar-refractivity contribution in [2.24, 2.45) is 5.92 Å². The fourth-order valence-electron chi connectivity index (χ4n) is 4.69. The van der Waals surface area contributed by atoms with Crippen molar-refractivity contribution >= 4 is 5.91 Å². The molecule has 0 bridgehead atoms. The zero-order valence-corrected chi connectivity index (χ0v) is 19.5. The highest BCUT2D eigenvalue weighted by molar-refractivity contribution is 5.81. The zero-order valence-electron chi connectivity index (χ0n) is 19.5. The fourth-order valence-corrected chi connectivity index (χ4v) is 4.69. The summed E-state index contributed by atoms with van der Waals surface area (Å²) in [5.74, 6) is 2.71. The molecule has 172 valence electrons. The van der Waals surface area contributed by atoms with Gasteiger partial charge in [0.15, 0.2) is 11.5 Å². The maximum atomic E-state index is 12.7. The van der Waals surface area contributed by atoms with Crippen LogP contribution in [-0.2, 0) is 17.8 Å². The first-order chi connectivity index (χ1) is 15.6. The number of nitrogens with zero attached hydrogens (tertiary/aromatic N) is 1. The van der Waals surface area contributed by atoms with Gasteiger partial charge in [-0.05, 0) is 66.6 Å². The average Bonchev–Trinajstić information content (AvgIpc) is 3.68. The first-order valence-corrected chi connectivity index (χ1v) is 11.5. The predicted octanol–water partition coefficient (Wildman–Crippen LogP) is 4.12. The minimum atomic E-state index is 0.0264. The third kappa shape index (κ3) is 4.70. The van der Waals surface area contributed by atoms with E-state index in [2.05, 4.69) is 41.4 Å². The van der Waals surface area contributed by atoms with E-state index in [0.717, 1.165) is 56.0 Å². The summed E-state index contributed by atoms with van der Waals surface area (Å²) < 4.78 is 16.5. The Morgan fingerprint density at radius 2 is 1.75 bits per heavy atom. The van der Waals surface area contributed by atoms with Gasteiger partial charge >= 0.3 is 0 Å². The lowest BCUT2D eigenvalue weighted by molar-refractivity contribution is -0.123. The van der Waals surface area contributed by atoms with Crippen LogP contribution in [0.3, 0.4) is 0 Å². The summed E-state index contributed by atoms with van der Waals surface area (Å²) in [6, 6.07) is 12.5. The molecule has 1 aliphatic carbocycles. The van der Waals surface area contributed by atoms with E-state index in [1.54, 1.807) is 21.3 Å². The highest BCUT2D eigenvalue weighted by Crippen LogP contribution is 2.41. The number of carbonyl (C=O) groups is 1. The first-order valence-electron chi connectivity index (χ1n) is 11.5. The summed E-state index contributed by atoms with van der Waals surface area (Å²) in [5, 5.41) is 3.37. The van der Waals surface area contributed by atoms with E-state index in [-0.39, 0.29) is 23.9 Å². The molecule has 1 aliphatic heterocycles. The van der Waals surface area contributed by atoms with Gasteiger partial charge in [-0.3, -0.25) is 9.69 Å². The SMILES string of the molecule is CCC(NC(=O)C1CC1)C1c2cc(OC)c(OC)cc2CCN1Cc1ccc(OC)cc1. The van der Waals surface area contributed by atoms with Crippen LogP contribution in [0, 0.1) is 5.92 Å². The molecule has 2 aromatic rings. The second-order valence-electron chi connectivity index (χ2n) is 8.72. The van der Waals surface area contributed by atoms with Crippen LogP contribution in [0.25, 0.3) is 0 Å². The molecule has 6 nitrogen and oxygen atoms in total. The second kappa shape index (κ2) is 9.82. The number of benzene rings is 2. The molecule has 4 rings (SSSR count). The largest absolute Gasteiger partial charge is 0.497 e. The van der Waals surface area contributed by atoms with E-state index in [0.29, 0.717) is 0 Å². The van der Waals surface area contributed by atoms with Gasteiger partial charge in [0, 0.05) is 25.0 Å². The Balaban J connectivity index is 1.69. The van der Waals surface area contributed by atoms with Crippen LogP contribution in [-0.4, -0.2) is 44.7 Å². The molecule has 1 fully saturated rings. The standard InChI is InChI=1S/C26H34N2O4/c1-5-22(27-26(29)18-8-9-18)25-21-15-24(32-4)23(31-3)14-19(21)12-13-28(25)16-17-6-10-20(30-2)11-7-17/h6-7,10-11,14-15,18,22,25H,5,8-9,12-13,16H2,1-4H3,(H,27,29). The molecule has 0 spiro atoms. The molecular weight excluding hydrogens is 404 g/mol. The minimum Gasteiger partial charge on any atom is -0.497 e. The number of fused-ring (bicyclic) bond motifs is 1. The van der Waals surface area contributed by atoms with Crippen LogP contribution in [0.1, 0.15) is 48.9 Å². The Morgan fingerprint density at radius 1 is 1.06 bits per heavy atom. The number of methoxy groups -OCH3 is 3. The molecule has 2 atom stereocenters. The van der Waals surface area contributed by atoms with Crippen LogP contribution >= 0.6 is 0 Å². The lowest BCUT2D eigenvalue weighted by Gasteiger charge is -2.42. The number of carbonyl (C=O) groups excluding carboxylic acids is 1. The molecule has 1 saturated carbocycles. The van der Waals surface area contributed by atoms with E-state index in [4.69, 9.17) is 14.2 Å². The third-order valence-electron chi connectivity index (χ3n) is 6.67. The van der Waals surface area contributed by atoms with Gasteiger partial charge in [0.1, 0.15) is 5.75 Å². The molecule has 2 aromatic carbocycles. The van der Waals surface area contributed by atoms with Crippen molar-refractivity contribution in [2.75, 3.05) is 27.9 Å². The second-order valence-corrected chi connectivity index (χ2v) is 8.72. The van der Waals surface area contributed by atoms with E-state index < -0.39 is 0 Å². The Hall–Kier alpha value is -2.73. The van der Waals surface area contributed by atoms with Gasteiger partial charge in [0.25, 0.3) is 0 Å². The molecule has 0 aromatic heterocycles. The number of rotatable bonds is 9. The first kappa shape index (κ1) is 22.5. The number of nitrogens with one attached hydrogen (secondary N) is 1. The third-order valence-corrected chi connectivity index (χ3v) is 6.67. The predicted molar refractivity (Wildman–Crippen MR) is 124 cm³/mol. The van der Waals surface area contributed by atoms with Gasteiger partial charge in [0.2, 0.25) is 5.91 Å². The number of amides is 1. The van der Waals surface area contributed by atoms with Gasteiger partial charge in [-0.15, -0.1) is 0 Å². The summed E-state index contributed by atoms with van der Waals surface area (Å²) in [7, 11) is 5.03. The van der Waals surface area contributed by atoms with Gasteiger partial charge in [-0.2, -0.15) is 0 Å². The average molecular weight is 439 g/mol. The molecular formula is C26H34N2O4. The lowest BCUT2D eigenvalue weighted by atomic mass is 9.86. The number of hydrogen-bond donors (Lipinski definition) is 1. The Labute approximate surface area is 190 Å². The van der Waals surface area contributed by atoms with Gasteiger partial charge in [-0.1, -0.05) is 19.1 Å². The Kier molecular flexibility index (Phi) is 6.89. The van der Waals surface area contributed by atoms with Crippen molar-refractivity contribution in [2.45, 2.75) is 51.2 Å². The van der Waals surface area contributed by atoms with Crippen LogP contribution in [0.5, 0.6) is 17.2 Å². The molecule has 2 unspecified atom stereocenters. The summed E-state index contributed by atoms with van der Waals surface area (Å²) >= 11 is 0. The molecule has 1 heterocycles. The van der Waals surface area contributed by atoms with E-state index in [9.17, 15) is 4.79 Å². The summed E-state index contributed by atoms with van der Waals surface area (Å²) in [6.07, 6.45) is 3.79. The van der Waals surface area contributed by atoms with Crippen molar-refractivity contribution in [3.63, 3.8) is 0 Å². The topological polar surface area (TPSA) is 60.0 Å². The lowest BCUT2D eigenvalue weighted by Crippen LogP contribution is -2.48. The van der Waals surface area contributed by atoms with E-state index in [1.165, 1.54) is 16.7 Å². The molecule has 6 heteroatoms. The van der Waals surface area contributed by atoms with Crippen molar-refractivity contribution in [1.29, 1.82) is 0 Å². The number of ether oxygens (including phenoxy) is 3. The molecule has 2 aliphatic rings. The summed E-state index contributed by atoms with van der Waals surface area (Å²) in [6.45, 7) is 3.87. The van der Waals surface area contributed by atoms with Gasteiger partial charge in [-0.25, -0.2) is 0 Å². The quantitative estimate of drug-likeness (QED) is 0.638. The van der Waals surface area contributed by atoms with Crippen LogP contribution < -0.4 is 19.5 Å². The molecule has 1 N–H and O–H groups in total. The van der Waals surface area contributed by atoms with Crippen LogP contribution in [0.4, 0.5) is 0 Å². The van der Waals surface area contributed by atoms with Crippen LogP contribution in [0.2, 0.25) is 0 Å². The number of hydrogen-bond acceptors (Lipinski definition) is 5. The highest BCUT2D eigenvalue weighted by Gasteiger charge is 2.37. The van der Waals surface area contributed by atoms with Gasteiger partial charge < -0.3 is 19.5 Å². The normalized spacial score (nSPS) is 19.1. The van der Waals surface area contributed by atoms with E-state index >= 15 is 0 Å². The molecule has 0 saturated heterocycles. The molecule has 1 amide bonds. The molecule has 0 radical (unpaired) electrons. The van der Waals surface area contributed by atoms with E-state index in [1.807, 2.05) is 12.1 Å². The Bertz CT molecular complexity index is 940.